The van der Waals surface area contributed by atoms with Crippen molar-refractivity contribution in [3.8, 4) is 5.88 Å². The lowest BCUT2D eigenvalue weighted by molar-refractivity contribution is -0.147. The summed E-state index contributed by atoms with van der Waals surface area (Å²) in [6, 6.07) is 3.03. The minimum atomic E-state index is -0.875. The van der Waals surface area contributed by atoms with Gasteiger partial charge in [0.1, 0.15) is 6.61 Å². The molecule has 8 heteroatoms. The topological polar surface area (TPSA) is 91.8 Å². The number of likely N-dealkylation sites (tertiary alicyclic amines) is 1. The fraction of sp³-hybridized carbons (Fsp3) is 0.500. The highest BCUT2D eigenvalue weighted by atomic mass is 35.5. The Bertz CT molecular complexity index is 552. The maximum Gasteiger partial charge on any atom is 0.317 e. The number of urea groups is 1. The van der Waals surface area contributed by atoms with Crippen molar-refractivity contribution in [3.63, 3.8) is 0 Å². The standard InChI is InChI=1S/C14H18ClN3O4/c1-14(12(19)20)4-6-18(9-14)13(21)16-5-7-22-11-3-2-10(15)8-17-11/h2-3,8H,4-7,9H2,1H3,(H,16,21)(H,19,20). The smallest absolute Gasteiger partial charge is 0.317 e. The molecule has 2 amide bonds. The van der Waals surface area contributed by atoms with Crippen LogP contribution in [0.4, 0.5) is 4.79 Å². The van der Waals surface area contributed by atoms with Gasteiger partial charge in [-0.3, -0.25) is 4.79 Å². The molecule has 1 fully saturated rings. The molecule has 0 bridgehead atoms. The maximum atomic E-state index is 11.9. The molecule has 1 atom stereocenters. The van der Waals surface area contributed by atoms with Crippen LogP contribution in [-0.4, -0.2) is 53.2 Å². The number of aliphatic carboxylic acids is 1. The van der Waals surface area contributed by atoms with E-state index in [4.69, 9.17) is 21.4 Å². The summed E-state index contributed by atoms with van der Waals surface area (Å²) in [7, 11) is 0. The van der Waals surface area contributed by atoms with Gasteiger partial charge in [0.05, 0.1) is 17.0 Å². The lowest BCUT2D eigenvalue weighted by atomic mass is 9.90. The van der Waals surface area contributed by atoms with Crippen LogP contribution in [-0.2, 0) is 4.79 Å². The number of rotatable bonds is 5. The summed E-state index contributed by atoms with van der Waals surface area (Å²) >= 11 is 5.71. The summed E-state index contributed by atoms with van der Waals surface area (Å²) in [4.78, 5) is 28.6. The molecule has 1 aliphatic heterocycles. The summed E-state index contributed by atoms with van der Waals surface area (Å²) in [5, 5.41) is 12.4. The second-order valence-electron chi connectivity index (χ2n) is 5.43. The normalized spacial score (nSPS) is 20.7. The van der Waals surface area contributed by atoms with E-state index in [-0.39, 0.29) is 19.2 Å². The van der Waals surface area contributed by atoms with E-state index >= 15 is 0 Å². The Morgan fingerprint density at radius 1 is 1.55 bits per heavy atom. The van der Waals surface area contributed by atoms with Crippen LogP contribution in [0.2, 0.25) is 5.02 Å². The SMILES string of the molecule is CC1(C(=O)O)CCN(C(=O)NCCOc2ccc(Cl)cn2)C1. The number of aromatic nitrogens is 1. The largest absolute Gasteiger partial charge is 0.481 e. The third-order valence-electron chi connectivity index (χ3n) is 3.61. The van der Waals surface area contributed by atoms with E-state index in [1.165, 1.54) is 11.1 Å². The van der Waals surface area contributed by atoms with E-state index in [0.717, 1.165) is 0 Å². The van der Waals surface area contributed by atoms with E-state index < -0.39 is 11.4 Å². The Kier molecular flexibility index (Phi) is 5.07. The van der Waals surface area contributed by atoms with Crippen molar-refractivity contribution in [2.75, 3.05) is 26.2 Å². The molecule has 0 aliphatic carbocycles. The molecule has 7 nitrogen and oxygen atoms in total. The molecule has 22 heavy (non-hydrogen) atoms. The van der Waals surface area contributed by atoms with Crippen LogP contribution < -0.4 is 10.1 Å². The number of carbonyl (C=O) groups excluding carboxylic acids is 1. The molecule has 1 unspecified atom stereocenters. The number of amides is 2. The number of carboxylic acid groups (broad SMARTS) is 1. The predicted octanol–water partition coefficient (Wildman–Crippen LogP) is 1.62. The first kappa shape index (κ1) is 16.4. The van der Waals surface area contributed by atoms with E-state index in [0.29, 0.717) is 30.4 Å². The highest BCUT2D eigenvalue weighted by Gasteiger charge is 2.42. The molecule has 2 N–H and O–H groups in total. The molecule has 1 aliphatic rings. The summed E-state index contributed by atoms with van der Waals surface area (Å²) in [5.41, 5.74) is -0.860. The van der Waals surface area contributed by atoms with Crippen LogP contribution in [0.15, 0.2) is 18.3 Å². The van der Waals surface area contributed by atoms with Gasteiger partial charge in [-0.15, -0.1) is 0 Å². The molecular weight excluding hydrogens is 310 g/mol. The monoisotopic (exact) mass is 327 g/mol. The van der Waals surface area contributed by atoms with Crippen LogP contribution in [0.3, 0.4) is 0 Å². The molecule has 0 saturated carbocycles. The first-order valence-electron chi connectivity index (χ1n) is 6.91. The van der Waals surface area contributed by atoms with Crippen molar-refractivity contribution in [2.24, 2.45) is 5.41 Å². The molecule has 2 heterocycles. The van der Waals surface area contributed by atoms with Crippen LogP contribution in [0.5, 0.6) is 5.88 Å². The zero-order chi connectivity index (χ0) is 16.2. The summed E-state index contributed by atoms with van der Waals surface area (Å²) in [6.45, 7) is 2.88. The third-order valence-corrected chi connectivity index (χ3v) is 3.83. The Morgan fingerprint density at radius 3 is 2.91 bits per heavy atom. The first-order chi connectivity index (χ1) is 10.4. The van der Waals surface area contributed by atoms with Gasteiger partial charge in [-0.05, 0) is 19.4 Å². The fourth-order valence-electron chi connectivity index (χ4n) is 2.18. The molecule has 2 rings (SSSR count). The van der Waals surface area contributed by atoms with Gasteiger partial charge < -0.3 is 20.1 Å². The zero-order valence-electron chi connectivity index (χ0n) is 12.2. The van der Waals surface area contributed by atoms with Crippen LogP contribution in [0.1, 0.15) is 13.3 Å². The molecule has 0 spiro atoms. The third kappa shape index (κ3) is 4.00. The van der Waals surface area contributed by atoms with Gasteiger partial charge in [-0.25, -0.2) is 9.78 Å². The van der Waals surface area contributed by atoms with Crippen LogP contribution >= 0.6 is 11.6 Å². The minimum absolute atomic E-state index is 0.216. The average Bonchev–Trinajstić information content (AvgIpc) is 2.89. The van der Waals surface area contributed by atoms with Crippen molar-refractivity contribution in [1.29, 1.82) is 0 Å². The summed E-state index contributed by atoms with van der Waals surface area (Å²) < 4.78 is 5.36. The molecule has 1 saturated heterocycles. The predicted molar refractivity (Wildman–Crippen MR) is 80.1 cm³/mol. The Balaban J connectivity index is 1.70. The quantitative estimate of drug-likeness (QED) is 0.802. The maximum absolute atomic E-state index is 11.9. The molecule has 0 aromatic carbocycles. The molecule has 0 radical (unpaired) electrons. The Labute approximate surface area is 133 Å². The lowest BCUT2D eigenvalue weighted by Crippen LogP contribution is -2.42. The fourth-order valence-corrected chi connectivity index (χ4v) is 2.29. The second-order valence-corrected chi connectivity index (χ2v) is 5.87. The van der Waals surface area contributed by atoms with Gasteiger partial charge >= 0.3 is 12.0 Å². The first-order valence-corrected chi connectivity index (χ1v) is 7.29. The summed E-state index contributed by atoms with van der Waals surface area (Å²) in [6.07, 6.45) is 1.94. The van der Waals surface area contributed by atoms with Crippen molar-refractivity contribution in [1.82, 2.24) is 15.2 Å². The summed E-state index contributed by atoms with van der Waals surface area (Å²) in [5.74, 6) is -0.446. The van der Waals surface area contributed by atoms with Gasteiger partial charge in [0, 0.05) is 25.4 Å². The highest BCUT2D eigenvalue weighted by Crippen LogP contribution is 2.29. The van der Waals surface area contributed by atoms with Crippen molar-refractivity contribution in [3.05, 3.63) is 23.4 Å². The van der Waals surface area contributed by atoms with Gasteiger partial charge in [0.2, 0.25) is 5.88 Å². The Morgan fingerprint density at radius 2 is 2.32 bits per heavy atom. The number of halogens is 1. The van der Waals surface area contributed by atoms with Gasteiger partial charge in [-0.2, -0.15) is 0 Å². The van der Waals surface area contributed by atoms with Crippen molar-refractivity contribution < 1.29 is 19.4 Å². The van der Waals surface area contributed by atoms with Gasteiger partial charge in [-0.1, -0.05) is 11.6 Å². The highest BCUT2D eigenvalue weighted by molar-refractivity contribution is 6.30. The van der Waals surface area contributed by atoms with E-state index in [1.807, 2.05) is 0 Å². The van der Waals surface area contributed by atoms with Crippen molar-refractivity contribution in [2.45, 2.75) is 13.3 Å². The molecule has 1 aromatic heterocycles. The lowest BCUT2D eigenvalue weighted by Gasteiger charge is -2.20. The van der Waals surface area contributed by atoms with E-state index in [9.17, 15) is 9.59 Å². The average molecular weight is 328 g/mol. The number of carboxylic acids is 1. The second kappa shape index (κ2) is 6.83. The number of hydrogen-bond donors (Lipinski definition) is 2. The number of pyridine rings is 1. The number of hydrogen-bond acceptors (Lipinski definition) is 4. The van der Waals surface area contributed by atoms with Gasteiger partial charge in [0.25, 0.3) is 0 Å². The van der Waals surface area contributed by atoms with Crippen LogP contribution in [0.25, 0.3) is 0 Å². The minimum Gasteiger partial charge on any atom is -0.481 e. The van der Waals surface area contributed by atoms with E-state index in [1.54, 1.807) is 19.1 Å². The van der Waals surface area contributed by atoms with Crippen LogP contribution in [0, 0.1) is 5.41 Å². The molecule has 120 valence electrons. The molecule has 1 aromatic rings. The van der Waals surface area contributed by atoms with E-state index in [2.05, 4.69) is 10.3 Å². The number of nitrogens with zero attached hydrogens (tertiary/aromatic N) is 2. The number of carbonyl (C=O) groups is 2. The van der Waals surface area contributed by atoms with Crippen molar-refractivity contribution >= 4 is 23.6 Å². The Hall–Kier alpha value is -2.02. The number of nitrogens with one attached hydrogen (secondary N) is 1. The zero-order valence-corrected chi connectivity index (χ0v) is 13.0. The number of ether oxygens (including phenoxy) is 1. The molecular formula is C14H18ClN3O4. The van der Waals surface area contributed by atoms with Gasteiger partial charge in [0.15, 0.2) is 0 Å².